The summed E-state index contributed by atoms with van der Waals surface area (Å²) in [6.45, 7) is 0. The Hall–Kier alpha value is 3.14. The Bertz CT molecular complexity index is 482. The predicted octanol–water partition coefficient (Wildman–Crippen LogP) is -7.83. The molecule has 0 rings (SSSR count). The normalized spacial score (nSPS) is 8.92. The second-order valence-corrected chi connectivity index (χ2v) is 5.37. The third-order valence-electron chi connectivity index (χ3n) is 0. The van der Waals surface area contributed by atoms with E-state index in [1.54, 1.807) is 0 Å². The Morgan fingerprint density at radius 3 is 0.308 bits per heavy atom. The van der Waals surface area contributed by atoms with Gasteiger partial charge in [0.25, 0.3) is 0 Å². The molecule has 14 N–H and O–H groups in total. The molecule has 0 radical (unpaired) electrons. The van der Waals surface area contributed by atoms with Gasteiger partial charge in [0, 0.05) is 0 Å². The Balaban J connectivity index is -0.0000000152. The summed E-state index contributed by atoms with van der Waals surface area (Å²) in [6.07, 6.45) is 0. The molecule has 0 unspecified atom stereocenters. The molecule has 0 saturated carbocycles. The molecule has 0 aliphatic heterocycles. The topological polar surface area (TPSA) is 393 Å². The van der Waals surface area contributed by atoms with Gasteiger partial charge in [-0.15, -0.1) is 0 Å². The molecule has 0 aromatic rings. The minimum atomic E-state index is -4.67. The van der Waals surface area contributed by atoms with Gasteiger partial charge in [0.1, 0.15) is 0 Å². The summed E-state index contributed by atoms with van der Waals surface area (Å²) in [5.41, 5.74) is 0. The molecule has 26 heteroatoms. The molecule has 0 heterocycles. The van der Waals surface area contributed by atoms with E-state index in [1.165, 1.54) is 0 Å². The van der Waals surface area contributed by atoms with E-state index >= 15 is 0 Å². The van der Waals surface area contributed by atoms with E-state index in [-0.39, 0.29) is 130 Å². The van der Waals surface area contributed by atoms with Crippen LogP contribution in [0.5, 0.6) is 0 Å². The minimum absolute atomic E-state index is 0. The summed E-state index contributed by atoms with van der Waals surface area (Å²) in [4.78, 5) is 0. The van der Waals surface area contributed by atoms with Crippen molar-refractivity contribution >= 4 is 155 Å². The summed E-state index contributed by atoms with van der Waals surface area (Å²) in [5.74, 6) is 0. The van der Waals surface area contributed by atoms with Crippen molar-refractivity contribution in [2.24, 2.45) is 0 Å². The third kappa shape index (κ3) is 1880. The van der Waals surface area contributed by atoms with Crippen LogP contribution in [0, 0.1) is 0 Å². The fraction of sp³-hybridized carbons (Fsp3) is 0. The summed E-state index contributed by atoms with van der Waals surface area (Å²) in [5, 5.41) is 0. The molecule has 0 amide bonds. The molecule has 0 bridgehead atoms. The van der Waals surface area contributed by atoms with Crippen LogP contribution in [0.25, 0.3) is 0 Å². The quantitative estimate of drug-likeness (QED) is 0.0985. The number of rotatable bonds is 0. The van der Waals surface area contributed by atoms with Crippen LogP contribution in [0.4, 0.5) is 0 Å². The van der Waals surface area contributed by atoms with Crippen molar-refractivity contribution in [1.82, 2.24) is 0 Å². The van der Waals surface area contributed by atoms with E-state index in [2.05, 4.69) is 0 Å². The van der Waals surface area contributed by atoms with Crippen LogP contribution in [-0.2, 0) is 41.6 Å². The van der Waals surface area contributed by atoms with E-state index in [0.29, 0.717) is 0 Å². The fourth-order valence-electron chi connectivity index (χ4n) is 0. The maximum atomic E-state index is 8.74. The first-order chi connectivity index (χ1) is 8.00. The Kier molecular flexibility index (Phi) is 68.2. The molecule has 0 aromatic heterocycles. The van der Waals surface area contributed by atoms with Gasteiger partial charge in [-0.3, -0.25) is 36.4 Å². The first-order valence-corrected chi connectivity index (χ1v) is 8.38. The van der Waals surface area contributed by atoms with Crippen LogP contribution in [0.1, 0.15) is 0 Å². The van der Waals surface area contributed by atoms with Crippen molar-refractivity contribution in [3.8, 4) is 0 Å². The number of hydrogen-bond donors (Lipinski definition) is 8. The first-order valence-electron chi connectivity index (χ1n) is 2.79. The molecule has 0 atom stereocenters. The van der Waals surface area contributed by atoms with Crippen LogP contribution in [0.2, 0.25) is 0 Å². The molecule has 0 aromatic carbocycles. The predicted molar refractivity (Wildman–Crippen MR) is 93.2 cm³/mol. The third-order valence-corrected chi connectivity index (χ3v) is 0. The van der Waals surface area contributed by atoms with Crippen molar-refractivity contribution in [2.75, 3.05) is 0 Å². The second kappa shape index (κ2) is 28.1. The molecular formula is H20Ca3O19S4. The van der Waals surface area contributed by atoms with Crippen molar-refractivity contribution in [2.45, 2.75) is 0 Å². The standard InChI is InChI=1S/3Ca.4H2O4S.3H2O.6H/c;;;4*1-5(2,3)4;;;;;;;;;/h;;;4*(H2,1,2,3,4);3*1H2;;;;;;. The Morgan fingerprint density at radius 2 is 0.308 bits per heavy atom. The molecule has 164 valence electrons. The monoisotopic (exact) mass is 572 g/mol. The second-order valence-electron chi connectivity index (χ2n) is 1.79. The maximum absolute atomic E-state index is 8.74. The average molecular weight is 573 g/mol. The van der Waals surface area contributed by atoms with Crippen molar-refractivity contribution < 1.29 is 86.5 Å². The molecular weight excluding hydrogens is 552 g/mol. The van der Waals surface area contributed by atoms with Gasteiger partial charge in [-0.1, -0.05) is 0 Å². The van der Waals surface area contributed by atoms with E-state index in [4.69, 9.17) is 70.1 Å². The zero-order valence-electron chi connectivity index (χ0n) is 9.98. The van der Waals surface area contributed by atoms with Gasteiger partial charge in [0.05, 0.1) is 0 Å². The SMILES string of the molecule is O.O.O.O=S(=O)(O)O.O=S(=O)(O)O.O=S(=O)(O)O.O=S(=O)(O)O.[CaH2].[CaH2].[CaH2]. The van der Waals surface area contributed by atoms with E-state index in [9.17, 15) is 0 Å². The summed E-state index contributed by atoms with van der Waals surface area (Å²) < 4.78 is 126. The molecule has 0 aliphatic rings. The molecule has 0 fully saturated rings. The van der Waals surface area contributed by atoms with Gasteiger partial charge in [-0.05, 0) is 0 Å². The average Bonchev–Trinajstić information content (AvgIpc) is 1.62. The zero-order chi connectivity index (χ0) is 18.0. The van der Waals surface area contributed by atoms with Crippen molar-refractivity contribution in [1.29, 1.82) is 0 Å². The summed E-state index contributed by atoms with van der Waals surface area (Å²) in [6, 6.07) is 0. The molecule has 0 spiro atoms. The van der Waals surface area contributed by atoms with Gasteiger partial charge in [0.15, 0.2) is 0 Å². The molecule has 0 saturated heterocycles. The first kappa shape index (κ1) is 63.0. The van der Waals surface area contributed by atoms with Gasteiger partial charge >= 0.3 is 155 Å². The van der Waals surface area contributed by atoms with Crippen molar-refractivity contribution in [3.05, 3.63) is 0 Å². The van der Waals surface area contributed by atoms with Gasteiger partial charge in [-0.2, -0.15) is 33.7 Å². The van der Waals surface area contributed by atoms with Crippen LogP contribution in [0.15, 0.2) is 0 Å². The van der Waals surface area contributed by atoms with Crippen LogP contribution in [-0.4, -0.2) is 200 Å². The van der Waals surface area contributed by atoms with E-state index in [1.807, 2.05) is 0 Å². The summed E-state index contributed by atoms with van der Waals surface area (Å²) >= 11 is 0. The molecule has 19 nitrogen and oxygen atoms in total. The Morgan fingerprint density at radius 1 is 0.308 bits per heavy atom. The van der Waals surface area contributed by atoms with Gasteiger partial charge in [0.2, 0.25) is 0 Å². The van der Waals surface area contributed by atoms with Gasteiger partial charge in [-0.25, -0.2) is 0 Å². The summed E-state index contributed by atoms with van der Waals surface area (Å²) in [7, 11) is -18.7. The van der Waals surface area contributed by atoms with E-state index < -0.39 is 41.6 Å². The van der Waals surface area contributed by atoms with Crippen LogP contribution >= 0.6 is 0 Å². The fourth-order valence-corrected chi connectivity index (χ4v) is 0. The zero-order valence-corrected chi connectivity index (χ0v) is 13.2. The molecule has 26 heavy (non-hydrogen) atoms. The molecule has 0 aliphatic carbocycles. The Labute approximate surface area is 237 Å². The number of hydrogen-bond acceptors (Lipinski definition) is 8. The van der Waals surface area contributed by atoms with Crippen molar-refractivity contribution in [3.63, 3.8) is 0 Å². The van der Waals surface area contributed by atoms with Gasteiger partial charge < -0.3 is 16.4 Å². The van der Waals surface area contributed by atoms with Crippen LogP contribution in [0.3, 0.4) is 0 Å². The van der Waals surface area contributed by atoms with E-state index in [0.717, 1.165) is 0 Å². The van der Waals surface area contributed by atoms with Crippen LogP contribution < -0.4 is 0 Å².